The number of benzene rings is 1. The van der Waals surface area contributed by atoms with Gasteiger partial charge in [-0.15, -0.1) is 0 Å². The van der Waals surface area contributed by atoms with Crippen LogP contribution >= 0.6 is 23.2 Å². The van der Waals surface area contributed by atoms with Crippen LogP contribution in [0.15, 0.2) is 41.7 Å². The van der Waals surface area contributed by atoms with Gasteiger partial charge in [0.15, 0.2) is 0 Å². The molecule has 11 heteroatoms. The molecule has 0 fully saturated rings. The zero-order valence-corrected chi connectivity index (χ0v) is 18.3. The molecule has 0 saturated carbocycles. The molecule has 31 heavy (non-hydrogen) atoms. The van der Waals surface area contributed by atoms with Crippen molar-refractivity contribution in [3.63, 3.8) is 0 Å². The fourth-order valence-corrected chi connectivity index (χ4v) is 3.68. The summed E-state index contributed by atoms with van der Waals surface area (Å²) in [6, 6.07) is 5.97. The Morgan fingerprint density at radius 2 is 1.97 bits per heavy atom. The smallest absolute Gasteiger partial charge is 0.325 e. The Hall–Kier alpha value is -3.04. The number of nitrogens with zero attached hydrogens (tertiary/aromatic N) is 3. The number of allylic oxidation sites excluding steroid dienone is 1. The monoisotopic (exact) mass is 466 g/mol. The van der Waals surface area contributed by atoms with Crippen LogP contribution in [-0.2, 0) is 19.1 Å². The van der Waals surface area contributed by atoms with Crippen LogP contribution < -0.4 is 5.32 Å². The standard InChI is InChI=1S/C20H20Cl2N4O5/c1-3-31-17(29)10-25(9-16(27)28)20(30)18-11(2)24-15-6-7-23-26(15)19(18)12-4-5-13(21)14(22)8-12/h4-8,19,24H,3,9-10H2,1-2H3,(H,27,28). The molecule has 0 bridgehead atoms. The maximum Gasteiger partial charge on any atom is 0.325 e. The molecule has 1 unspecified atom stereocenters. The Kier molecular flexibility index (Phi) is 6.87. The molecular weight excluding hydrogens is 447 g/mol. The summed E-state index contributed by atoms with van der Waals surface area (Å²) in [6.45, 7) is 2.25. The molecule has 2 aromatic rings. The Morgan fingerprint density at radius 3 is 2.61 bits per heavy atom. The molecule has 1 aromatic carbocycles. The van der Waals surface area contributed by atoms with Crippen LogP contribution in [0.5, 0.6) is 0 Å². The third-order valence-electron chi connectivity index (χ3n) is 4.64. The number of ether oxygens (including phenoxy) is 1. The van der Waals surface area contributed by atoms with Crippen molar-refractivity contribution in [2.24, 2.45) is 0 Å². The van der Waals surface area contributed by atoms with E-state index in [1.165, 1.54) is 0 Å². The minimum absolute atomic E-state index is 0.111. The summed E-state index contributed by atoms with van der Waals surface area (Å²) in [5, 5.41) is 17.3. The van der Waals surface area contributed by atoms with E-state index in [2.05, 4.69) is 10.4 Å². The fourth-order valence-electron chi connectivity index (χ4n) is 3.37. The van der Waals surface area contributed by atoms with Crippen molar-refractivity contribution < 1.29 is 24.2 Å². The second-order valence-electron chi connectivity index (χ2n) is 6.76. The van der Waals surface area contributed by atoms with Crippen molar-refractivity contribution in [3.05, 3.63) is 57.3 Å². The van der Waals surface area contributed by atoms with Gasteiger partial charge < -0.3 is 20.1 Å². The Labute approximate surface area is 188 Å². The molecule has 2 heterocycles. The molecule has 0 spiro atoms. The van der Waals surface area contributed by atoms with E-state index in [4.69, 9.17) is 27.9 Å². The van der Waals surface area contributed by atoms with E-state index in [-0.39, 0.29) is 12.2 Å². The molecule has 1 atom stereocenters. The molecule has 9 nitrogen and oxygen atoms in total. The second kappa shape index (κ2) is 9.40. The second-order valence-corrected chi connectivity index (χ2v) is 7.58. The topological polar surface area (TPSA) is 114 Å². The van der Waals surface area contributed by atoms with Crippen LogP contribution in [0.2, 0.25) is 10.0 Å². The summed E-state index contributed by atoms with van der Waals surface area (Å²) < 4.78 is 6.48. The summed E-state index contributed by atoms with van der Waals surface area (Å²) in [7, 11) is 0. The fraction of sp³-hybridized carbons (Fsp3) is 0.300. The van der Waals surface area contributed by atoms with Gasteiger partial charge in [-0.2, -0.15) is 5.10 Å². The first kappa shape index (κ1) is 22.6. The number of nitrogens with one attached hydrogen (secondary N) is 1. The van der Waals surface area contributed by atoms with Crippen molar-refractivity contribution in [1.82, 2.24) is 14.7 Å². The number of hydrogen-bond acceptors (Lipinski definition) is 6. The van der Waals surface area contributed by atoms with Crippen molar-refractivity contribution in [3.8, 4) is 0 Å². The van der Waals surface area contributed by atoms with Crippen LogP contribution in [0, 0.1) is 0 Å². The number of aromatic nitrogens is 2. The van der Waals surface area contributed by atoms with Gasteiger partial charge >= 0.3 is 11.9 Å². The van der Waals surface area contributed by atoms with Crippen LogP contribution in [-0.4, -0.2) is 57.3 Å². The number of fused-ring (bicyclic) bond motifs is 1. The summed E-state index contributed by atoms with van der Waals surface area (Å²) in [6.07, 6.45) is 1.57. The first-order valence-corrected chi connectivity index (χ1v) is 10.1. The lowest BCUT2D eigenvalue weighted by molar-refractivity contribution is -0.151. The number of esters is 1. The highest BCUT2D eigenvalue weighted by molar-refractivity contribution is 6.42. The van der Waals surface area contributed by atoms with Gasteiger partial charge in [-0.1, -0.05) is 29.3 Å². The van der Waals surface area contributed by atoms with Crippen molar-refractivity contribution in [1.29, 1.82) is 0 Å². The number of carboxylic acids is 1. The lowest BCUT2D eigenvalue weighted by Gasteiger charge is -2.32. The Morgan fingerprint density at radius 1 is 1.23 bits per heavy atom. The van der Waals surface area contributed by atoms with E-state index in [1.807, 2.05) is 0 Å². The predicted molar refractivity (Wildman–Crippen MR) is 114 cm³/mol. The van der Waals surface area contributed by atoms with E-state index >= 15 is 0 Å². The highest BCUT2D eigenvalue weighted by Gasteiger charge is 2.36. The average molecular weight is 467 g/mol. The van der Waals surface area contributed by atoms with E-state index in [0.717, 1.165) is 4.90 Å². The molecule has 1 aliphatic rings. The summed E-state index contributed by atoms with van der Waals surface area (Å²) in [4.78, 5) is 37.8. The van der Waals surface area contributed by atoms with Crippen LogP contribution in [0.25, 0.3) is 0 Å². The molecule has 0 saturated heterocycles. The lowest BCUT2D eigenvalue weighted by Crippen LogP contribution is -2.43. The normalized spacial score (nSPS) is 15.2. The number of anilines is 1. The molecular formula is C20H20Cl2N4O5. The van der Waals surface area contributed by atoms with Gasteiger partial charge in [0.2, 0.25) is 0 Å². The molecule has 164 valence electrons. The Balaban J connectivity index is 2.07. The van der Waals surface area contributed by atoms with E-state index in [0.29, 0.717) is 27.1 Å². The maximum absolute atomic E-state index is 13.5. The SMILES string of the molecule is CCOC(=O)CN(CC(=O)O)C(=O)C1=C(C)Nc2ccnn2C1c1ccc(Cl)c(Cl)c1. The van der Waals surface area contributed by atoms with Gasteiger partial charge in [-0.3, -0.25) is 14.4 Å². The highest BCUT2D eigenvalue weighted by atomic mass is 35.5. The van der Waals surface area contributed by atoms with Gasteiger partial charge in [0, 0.05) is 11.8 Å². The molecule has 1 aliphatic heterocycles. The summed E-state index contributed by atoms with van der Waals surface area (Å²) >= 11 is 12.3. The van der Waals surface area contributed by atoms with Crippen LogP contribution in [0.1, 0.15) is 25.5 Å². The third-order valence-corrected chi connectivity index (χ3v) is 5.38. The van der Waals surface area contributed by atoms with Crippen molar-refractivity contribution in [2.45, 2.75) is 19.9 Å². The zero-order chi connectivity index (χ0) is 22.7. The lowest BCUT2D eigenvalue weighted by atomic mass is 9.94. The number of carbonyl (C=O) groups excluding carboxylic acids is 2. The van der Waals surface area contributed by atoms with Gasteiger partial charge in [0.05, 0.1) is 28.4 Å². The average Bonchev–Trinajstić information content (AvgIpc) is 3.16. The van der Waals surface area contributed by atoms with Gasteiger partial charge in [0.25, 0.3) is 5.91 Å². The van der Waals surface area contributed by atoms with E-state index < -0.39 is 37.0 Å². The minimum Gasteiger partial charge on any atom is -0.480 e. The van der Waals surface area contributed by atoms with Crippen molar-refractivity contribution in [2.75, 3.05) is 25.0 Å². The van der Waals surface area contributed by atoms with E-state index in [9.17, 15) is 19.5 Å². The molecule has 0 radical (unpaired) electrons. The quantitative estimate of drug-likeness (QED) is 0.602. The number of hydrogen-bond donors (Lipinski definition) is 2. The summed E-state index contributed by atoms with van der Waals surface area (Å²) in [5.41, 5.74) is 1.34. The first-order valence-electron chi connectivity index (χ1n) is 9.35. The number of carbonyl (C=O) groups is 3. The number of carboxylic acid groups (broad SMARTS) is 1. The number of aliphatic carboxylic acids is 1. The molecule has 1 aromatic heterocycles. The van der Waals surface area contributed by atoms with Gasteiger partial charge in [0.1, 0.15) is 24.9 Å². The molecule has 0 aliphatic carbocycles. The zero-order valence-electron chi connectivity index (χ0n) is 16.8. The van der Waals surface area contributed by atoms with Gasteiger partial charge in [-0.05, 0) is 31.5 Å². The first-order chi connectivity index (χ1) is 14.7. The third kappa shape index (κ3) is 4.83. The van der Waals surface area contributed by atoms with Crippen molar-refractivity contribution >= 4 is 46.9 Å². The summed E-state index contributed by atoms with van der Waals surface area (Å²) in [5.74, 6) is -1.96. The molecule has 2 N–H and O–H groups in total. The molecule has 3 rings (SSSR count). The number of halogens is 2. The predicted octanol–water partition coefficient (Wildman–Crippen LogP) is 2.96. The number of amides is 1. The maximum atomic E-state index is 13.5. The minimum atomic E-state index is -1.26. The molecule has 1 amide bonds. The number of rotatable bonds is 7. The highest BCUT2D eigenvalue weighted by Crippen LogP contribution is 2.38. The Bertz CT molecular complexity index is 1070. The van der Waals surface area contributed by atoms with E-state index in [1.54, 1.807) is 49.0 Å². The van der Waals surface area contributed by atoms with Crippen LogP contribution in [0.4, 0.5) is 5.82 Å². The largest absolute Gasteiger partial charge is 0.480 e. The van der Waals surface area contributed by atoms with Gasteiger partial charge in [-0.25, -0.2) is 4.68 Å². The van der Waals surface area contributed by atoms with Crippen LogP contribution in [0.3, 0.4) is 0 Å².